The Labute approximate surface area is 147 Å². The summed E-state index contributed by atoms with van der Waals surface area (Å²) >= 11 is 0. The van der Waals surface area contributed by atoms with E-state index >= 15 is 0 Å². The van der Waals surface area contributed by atoms with Crippen molar-refractivity contribution in [2.75, 3.05) is 6.61 Å². The Balaban J connectivity index is 1.63. The summed E-state index contributed by atoms with van der Waals surface area (Å²) < 4.78 is 0. The number of aliphatic hydroxyl groups is 1. The summed E-state index contributed by atoms with van der Waals surface area (Å²) in [7, 11) is 0. The van der Waals surface area contributed by atoms with Crippen molar-refractivity contribution in [3.63, 3.8) is 0 Å². The van der Waals surface area contributed by atoms with Gasteiger partial charge in [-0.15, -0.1) is 0 Å². The van der Waals surface area contributed by atoms with Gasteiger partial charge >= 0.3 is 0 Å². The van der Waals surface area contributed by atoms with Gasteiger partial charge in [-0.1, -0.05) is 50.1 Å². The Hall–Kier alpha value is -1.12. The number of unbranched alkanes of at least 4 members (excludes halogenated alkanes) is 2. The number of fused-ring (bicyclic) bond motifs is 1. The smallest absolute Gasteiger partial charge is 0.0611 e. The lowest BCUT2D eigenvalue weighted by atomic mass is 9.81. The summed E-state index contributed by atoms with van der Waals surface area (Å²) in [5, 5.41) is 9.48. The van der Waals surface area contributed by atoms with E-state index in [-0.39, 0.29) is 12.1 Å². The van der Waals surface area contributed by atoms with Crippen LogP contribution in [0.25, 0.3) is 0 Å². The van der Waals surface area contributed by atoms with Gasteiger partial charge in [0.05, 0.1) is 6.61 Å². The van der Waals surface area contributed by atoms with Crippen LogP contribution in [0.2, 0.25) is 0 Å². The van der Waals surface area contributed by atoms with Crippen molar-refractivity contribution in [1.29, 1.82) is 0 Å². The van der Waals surface area contributed by atoms with Crippen LogP contribution in [0, 0.1) is 5.92 Å². The molecule has 0 aromatic heterocycles. The van der Waals surface area contributed by atoms with Crippen LogP contribution in [0.3, 0.4) is 0 Å². The zero-order chi connectivity index (χ0) is 17.0. The van der Waals surface area contributed by atoms with Gasteiger partial charge in [-0.3, -0.25) is 0 Å². The van der Waals surface area contributed by atoms with E-state index in [0.717, 1.165) is 25.2 Å². The second kappa shape index (κ2) is 7.84. The Kier molecular flexibility index (Phi) is 5.78. The van der Waals surface area contributed by atoms with Crippen LogP contribution in [-0.2, 0) is 12.8 Å². The maximum atomic E-state index is 9.48. The highest BCUT2D eigenvalue weighted by Gasteiger charge is 2.36. The third kappa shape index (κ3) is 4.10. The van der Waals surface area contributed by atoms with Gasteiger partial charge in [-0.05, 0) is 73.5 Å². The van der Waals surface area contributed by atoms with Gasteiger partial charge in [-0.25, -0.2) is 0 Å². The quantitative estimate of drug-likeness (QED) is 0.597. The van der Waals surface area contributed by atoms with E-state index < -0.39 is 0 Å². The van der Waals surface area contributed by atoms with Gasteiger partial charge < -0.3 is 10.8 Å². The van der Waals surface area contributed by atoms with Crippen LogP contribution in [0.5, 0.6) is 0 Å². The lowest BCUT2D eigenvalue weighted by Crippen LogP contribution is -2.40. The Morgan fingerprint density at radius 2 is 2.17 bits per heavy atom. The molecule has 24 heavy (non-hydrogen) atoms. The molecule has 0 bridgehead atoms. The third-order valence-electron chi connectivity index (χ3n) is 6.06. The molecule has 1 unspecified atom stereocenters. The largest absolute Gasteiger partial charge is 0.394 e. The number of rotatable bonds is 6. The molecule has 2 aliphatic rings. The third-order valence-corrected chi connectivity index (χ3v) is 6.06. The van der Waals surface area contributed by atoms with E-state index in [1.807, 2.05) is 0 Å². The summed E-state index contributed by atoms with van der Waals surface area (Å²) in [5.41, 5.74) is 10.4. The first-order chi connectivity index (χ1) is 11.6. The first-order valence-corrected chi connectivity index (χ1v) is 9.81. The summed E-state index contributed by atoms with van der Waals surface area (Å²) in [5.74, 6) is 1.25. The van der Waals surface area contributed by atoms with Crippen molar-refractivity contribution in [2.24, 2.45) is 11.7 Å². The number of benzene rings is 1. The molecule has 0 saturated heterocycles. The number of aryl methyl sites for hydroxylation is 1. The lowest BCUT2D eigenvalue weighted by molar-refractivity contribution is 0.198. The predicted octanol–water partition coefficient (Wildman–Crippen LogP) is 4.50. The summed E-state index contributed by atoms with van der Waals surface area (Å²) in [6.45, 7) is 2.36. The van der Waals surface area contributed by atoms with Crippen LogP contribution in [0.15, 0.2) is 30.4 Å². The van der Waals surface area contributed by atoms with Crippen molar-refractivity contribution in [3.05, 3.63) is 47.0 Å². The minimum absolute atomic E-state index is 0.112. The molecular formula is C22H33NO. The molecule has 0 heterocycles. The summed E-state index contributed by atoms with van der Waals surface area (Å²) in [6, 6.07) is 7.10. The van der Waals surface area contributed by atoms with Crippen molar-refractivity contribution in [1.82, 2.24) is 0 Å². The van der Waals surface area contributed by atoms with Crippen molar-refractivity contribution < 1.29 is 5.11 Å². The van der Waals surface area contributed by atoms with Crippen LogP contribution in [0.4, 0.5) is 0 Å². The van der Waals surface area contributed by atoms with E-state index in [2.05, 4.69) is 37.3 Å². The SMILES string of the molecule is CCCCC=CC1CCc2cc([C@H]3CC[C@](N)(CO)C3)ccc2C1. The van der Waals surface area contributed by atoms with E-state index in [0.29, 0.717) is 5.92 Å². The van der Waals surface area contributed by atoms with Crippen LogP contribution >= 0.6 is 0 Å². The Morgan fingerprint density at radius 1 is 1.29 bits per heavy atom. The number of aliphatic hydroxyl groups excluding tert-OH is 1. The number of hydrogen-bond acceptors (Lipinski definition) is 2. The normalized spacial score (nSPS) is 30.0. The number of hydrogen-bond donors (Lipinski definition) is 2. The highest BCUT2D eigenvalue weighted by molar-refractivity contribution is 5.37. The topological polar surface area (TPSA) is 46.2 Å². The highest BCUT2D eigenvalue weighted by atomic mass is 16.3. The van der Waals surface area contributed by atoms with Gasteiger partial charge in [0.1, 0.15) is 0 Å². The van der Waals surface area contributed by atoms with Gasteiger partial charge in [0.2, 0.25) is 0 Å². The molecule has 0 radical (unpaired) electrons. The fourth-order valence-corrected chi connectivity index (χ4v) is 4.42. The Morgan fingerprint density at radius 3 is 2.92 bits per heavy atom. The van der Waals surface area contributed by atoms with E-state index in [9.17, 15) is 5.11 Å². The number of nitrogens with two attached hydrogens (primary N) is 1. The zero-order valence-electron chi connectivity index (χ0n) is 15.1. The fourth-order valence-electron chi connectivity index (χ4n) is 4.42. The molecule has 2 aliphatic carbocycles. The molecule has 132 valence electrons. The minimum Gasteiger partial charge on any atom is -0.394 e. The summed E-state index contributed by atoms with van der Waals surface area (Å²) in [6.07, 6.45) is 15.3. The average molecular weight is 328 g/mol. The first kappa shape index (κ1) is 17.7. The van der Waals surface area contributed by atoms with Gasteiger partial charge in [-0.2, -0.15) is 0 Å². The minimum atomic E-state index is -0.352. The molecule has 0 amide bonds. The molecule has 2 nitrogen and oxygen atoms in total. The van der Waals surface area contributed by atoms with Gasteiger partial charge in [0.25, 0.3) is 0 Å². The molecule has 1 saturated carbocycles. The standard InChI is InChI=1S/C22H33NO/c1-2-3-4-5-6-17-7-8-19-14-20(10-9-18(19)13-17)21-11-12-22(23,15-21)16-24/h5-6,9-10,14,17,21,24H,2-4,7-8,11-13,15-16,23H2,1H3/t17?,21-,22+/m0/s1. The number of allylic oxidation sites excluding steroid dienone is 2. The van der Waals surface area contributed by atoms with E-state index in [4.69, 9.17) is 5.73 Å². The molecule has 1 aromatic rings. The molecule has 1 fully saturated rings. The maximum Gasteiger partial charge on any atom is 0.0611 e. The molecule has 3 rings (SSSR count). The molecule has 0 spiro atoms. The second-order valence-electron chi connectivity index (χ2n) is 8.06. The molecule has 3 atom stereocenters. The van der Waals surface area contributed by atoms with E-state index in [1.54, 1.807) is 5.56 Å². The average Bonchev–Trinajstić information content (AvgIpc) is 3.01. The zero-order valence-corrected chi connectivity index (χ0v) is 15.1. The predicted molar refractivity (Wildman–Crippen MR) is 101 cm³/mol. The molecule has 2 heteroatoms. The second-order valence-corrected chi connectivity index (χ2v) is 8.06. The summed E-state index contributed by atoms with van der Waals surface area (Å²) in [4.78, 5) is 0. The highest BCUT2D eigenvalue weighted by Crippen LogP contribution is 2.40. The van der Waals surface area contributed by atoms with Crippen LogP contribution in [-0.4, -0.2) is 17.3 Å². The molecule has 0 aliphatic heterocycles. The lowest BCUT2D eigenvalue weighted by Gasteiger charge is -2.25. The van der Waals surface area contributed by atoms with Crippen LogP contribution < -0.4 is 5.73 Å². The molecule has 3 N–H and O–H groups in total. The molecular weight excluding hydrogens is 294 g/mol. The Bertz CT molecular complexity index is 579. The van der Waals surface area contributed by atoms with Crippen LogP contribution in [0.1, 0.15) is 74.5 Å². The van der Waals surface area contributed by atoms with Crippen molar-refractivity contribution in [3.8, 4) is 0 Å². The van der Waals surface area contributed by atoms with Crippen molar-refractivity contribution in [2.45, 2.75) is 76.2 Å². The maximum absolute atomic E-state index is 9.48. The van der Waals surface area contributed by atoms with E-state index in [1.165, 1.54) is 49.7 Å². The molecule has 1 aromatic carbocycles. The van der Waals surface area contributed by atoms with Crippen molar-refractivity contribution >= 4 is 0 Å². The van der Waals surface area contributed by atoms with Gasteiger partial charge in [0.15, 0.2) is 0 Å². The monoisotopic (exact) mass is 327 g/mol. The first-order valence-electron chi connectivity index (χ1n) is 9.81. The fraction of sp³-hybridized carbons (Fsp3) is 0.636. The van der Waals surface area contributed by atoms with Gasteiger partial charge in [0, 0.05) is 5.54 Å².